The lowest BCUT2D eigenvalue weighted by Gasteiger charge is -2.14. The van der Waals surface area contributed by atoms with E-state index in [1.54, 1.807) is 18.2 Å². The Morgan fingerprint density at radius 1 is 1.33 bits per heavy atom. The first-order chi connectivity index (χ1) is 8.60. The highest BCUT2D eigenvalue weighted by atomic mass is 35.5. The minimum absolute atomic E-state index is 0.00913. The fraction of sp³-hybridized carbons (Fsp3) is 0.214. The predicted molar refractivity (Wildman–Crippen MR) is 71.6 cm³/mol. The maximum atomic E-state index is 8.87. The standard InChI is InChI=1S/C14H13ClN2O/c1-9-3-6-14(18-9)10(2)17-13-7-11(8-16)4-5-12(13)15/h3-7,10,17H,1-2H3. The van der Waals surface area contributed by atoms with Crippen LogP contribution in [-0.4, -0.2) is 0 Å². The summed E-state index contributed by atoms with van der Waals surface area (Å²) in [6.07, 6.45) is 0. The molecule has 0 aliphatic carbocycles. The van der Waals surface area contributed by atoms with Crippen molar-refractivity contribution in [1.29, 1.82) is 5.26 Å². The number of halogens is 1. The molecule has 3 nitrogen and oxygen atoms in total. The Bertz CT molecular complexity index is 598. The Hall–Kier alpha value is -1.92. The van der Waals surface area contributed by atoms with Crippen molar-refractivity contribution in [2.24, 2.45) is 0 Å². The van der Waals surface area contributed by atoms with Crippen LogP contribution in [0.4, 0.5) is 5.69 Å². The lowest BCUT2D eigenvalue weighted by Crippen LogP contribution is -2.06. The zero-order chi connectivity index (χ0) is 13.1. The van der Waals surface area contributed by atoms with Crippen molar-refractivity contribution < 1.29 is 4.42 Å². The van der Waals surface area contributed by atoms with E-state index in [4.69, 9.17) is 21.3 Å². The van der Waals surface area contributed by atoms with Gasteiger partial charge < -0.3 is 9.73 Å². The molecule has 1 aromatic heterocycles. The fourth-order valence-electron chi connectivity index (χ4n) is 1.70. The third-order valence-electron chi connectivity index (χ3n) is 2.66. The first-order valence-corrected chi connectivity index (χ1v) is 6.00. The predicted octanol–water partition coefficient (Wildman–Crippen LogP) is 4.29. The van der Waals surface area contributed by atoms with Gasteiger partial charge >= 0.3 is 0 Å². The van der Waals surface area contributed by atoms with E-state index in [9.17, 15) is 0 Å². The van der Waals surface area contributed by atoms with E-state index < -0.39 is 0 Å². The molecule has 2 rings (SSSR count). The quantitative estimate of drug-likeness (QED) is 0.896. The topological polar surface area (TPSA) is 49.0 Å². The normalized spacial score (nSPS) is 11.9. The fourth-order valence-corrected chi connectivity index (χ4v) is 1.87. The number of benzene rings is 1. The summed E-state index contributed by atoms with van der Waals surface area (Å²) in [5.41, 5.74) is 1.31. The molecule has 1 heterocycles. The summed E-state index contributed by atoms with van der Waals surface area (Å²) >= 11 is 6.09. The molecule has 0 aliphatic rings. The van der Waals surface area contributed by atoms with E-state index in [-0.39, 0.29) is 6.04 Å². The van der Waals surface area contributed by atoms with Crippen LogP contribution in [0, 0.1) is 18.3 Å². The third kappa shape index (κ3) is 2.66. The van der Waals surface area contributed by atoms with Gasteiger partial charge in [0.05, 0.1) is 28.4 Å². The van der Waals surface area contributed by atoms with Crippen LogP contribution in [-0.2, 0) is 0 Å². The van der Waals surface area contributed by atoms with Crippen molar-refractivity contribution in [1.82, 2.24) is 0 Å². The van der Waals surface area contributed by atoms with Gasteiger partial charge in [-0.3, -0.25) is 0 Å². The molecule has 92 valence electrons. The van der Waals surface area contributed by atoms with E-state index in [0.29, 0.717) is 10.6 Å². The van der Waals surface area contributed by atoms with Gasteiger partial charge in [-0.25, -0.2) is 0 Å². The number of furan rings is 1. The number of nitrogens with one attached hydrogen (secondary N) is 1. The van der Waals surface area contributed by atoms with Gasteiger partial charge in [-0.05, 0) is 44.2 Å². The van der Waals surface area contributed by atoms with Gasteiger partial charge in [-0.15, -0.1) is 0 Å². The smallest absolute Gasteiger partial charge is 0.126 e. The molecule has 1 aromatic carbocycles. The Morgan fingerprint density at radius 3 is 2.72 bits per heavy atom. The molecule has 0 radical (unpaired) electrons. The van der Waals surface area contributed by atoms with Crippen LogP contribution in [0.1, 0.15) is 30.0 Å². The Balaban J connectivity index is 2.21. The average Bonchev–Trinajstić information content (AvgIpc) is 2.79. The largest absolute Gasteiger partial charge is 0.464 e. The lowest BCUT2D eigenvalue weighted by molar-refractivity contribution is 0.467. The molecular weight excluding hydrogens is 248 g/mol. The Labute approximate surface area is 111 Å². The van der Waals surface area contributed by atoms with Crippen LogP contribution in [0.2, 0.25) is 5.02 Å². The number of aryl methyl sites for hydroxylation is 1. The summed E-state index contributed by atoms with van der Waals surface area (Å²) in [6.45, 7) is 3.88. The van der Waals surface area contributed by atoms with Crippen LogP contribution in [0.25, 0.3) is 0 Å². The molecule has 1 N–H and O–H groups in total. The zero-order valence-corrected chi connectivity index (χ0v) is 11.0. The monoisotopic (exact) mass is 260 g/mol. The van der Waals surface area contributed by atoms with Crippen LogP contribution in [0.3, 0.4) is 0 Å². The van der Waals surface area contributed by atoms with Gasteiger partial charge in [0.15, 0.2) is 0 Å². The molecule has 1 atom stereocenters. The number of hydrogen-bond donors (Lipinski definition) is 1. The van der Waals surface area contributed by atoms with E-state index in [1.165, 1.54) is 0 Å². The molecule has 18 heavy (non-hydrogen) atoms. The van der Waals surface area contributed by atoms with Crippen molar-refractivity contribution >= 4 is 17.3 Å². The average molecular weight is 261 g/mol. The molecule has 1 unspecified atom stereocenters. The second-order valence-electron chi connectivity index (χ2n) is 4.12. The molecule has 0 bridgehead atoms. The van der Waals surface area contributed by atoms with E-state index >= 15 is 0 Å². The number of anilines is 1. The number of nitriles is 1. The van der Waals surface area contributed by atoms with Crippen molar-refractivity contribution in [2.75, 3.05) is 5.32 Å². The SMILES string of the molecule is Cc1ccc(C(C)Nc2cc(C#N)ccc2Cl)o1. The molecule has 0 saturated carbocycles. The van der Waals surface area contributed by atoms with E-state index in [2.05, 4.69) is 11.4 Å². The lowest BCUT2D eigenvalue weighted by atomic mass is 10.2. The van der Waals surface area contributed by atoms with Gasteiger partial charge in [0, 0.05) is 0 Å². The van der Waals surface area contributed by atoms with E-state index in [0.717, 1.165) is 17.2 Å². The minimum Gasteiger partial charge on any atom is -0.464 e. The van der Waals surface area contributed by atoms with Crippen molar-refractivity contribution in [3.63, 3.8) is 0 Å². The summed E-state index contributed by atoms with van der Waals surface area (Å²) in [5, 5.41) is 12.7. The van der Waals surface area contributed by atoms with Gasteiger partial charge in [-0.1, -0.05) is 11.6 Å². The summed E-state index contributed by atoms with van der Waals surface area (Å²) in [7, 11) is 0. The van der Waals surface area contributed by atoms with Crippen molar-refractivity contribution in [3.8, 4) is 6.07 Å². The first-order valence-electron chi connectivity index (χ1n) is 5.62. The number of hydrogen-bond acceptors (Lipinski definition) is 3. The number of nitrogens with zero attached hydrogens (tertiary/aromatic N) is 1. The summed E-state index contributed by atoms with van der Waals surface area (Å²) in [4.78, 5) is 0. The number of rotatable bonds is 3. The van der Waals surface area contributed by atoms with Crippen LogP contribution < -0.4 is 5.32 Å². The summed E-state index contributed by atoms with van der Waals surface area (Å²) in [5.74, 6) is 1.71. The van der Waals surface area contributed by atoms with Crippen LogP contribution in [0.5, 0.6) is 0 Å². The first kappa shape index (κ1) is 12.5. The maximum Gasteiger partial charge on any atom is 0.126 e. The van der Waals surface area contributed by atoms with Gasteiger partial charge in [0.25, 0.3) is 0 Å². The molecule has 0 fully saturated rings. The van der Waals surface area contributed by atoms with Crippen LogP contribution >= 0.6 is 11.6 Å². The highest BCUT2D eigenvalue weighted by molar-refractivity contribution is 6.33. The zero-order valence-electron chi connectivity index (χ0n) is 10.2. The molecule has 0 saturated heterocycles. The molecule has 0 amide bonds. The summed E-state index contributed by atoms with van der Waals surface area (Å²) < 4.78 is 5.54. The highest BCUT2D eigenvalue weighted by Gasteiger charge is 2.11. The van der Waals surface area contributed by atoms with Gasteiger partial charge in [0.1, 0.15) is 11.5 Å². The maximum absolute atomic E-state index is 8.87. The Kier molecular flexibility index (Phi) is 3.59. The van der Waals surface area contributed by atoms with Gasteiger partial charge in [-0.2, -0.15) is 5.26 Å². The summed E-state index contributed by atoms with van der Waals surface area (Å²) in [6, 6.07) is 11.1. The molecule has 0 aliphatic heterocycles. The second kappa shape index (κ2) is 5.16. The molecular formula is C14H13ClN2O. The third-order valence-corrected chi connectivity index (χ3v) is 2.98. The minimum atomic E-state index is -0.00913. The molecule has 4 heteroatoms. The van der Waals surface area contributed by atoms with E-state index in [1.807, 2.05) is 26.0 Å². The highest BCUT2D eigenvalue weighted by Crippen LogP contribution is 2.27. The second-order valence-corrected chi connectivity index (χ2v) is 4.53. The van der Waals surface area contributed by atoms with Crippen LogP contribution in [0.15, 0.2) is 34.7 Å². The van der Waals surface area contributed by atoms with Gasteiger partial charge in [0.2, 0.25) is 0 Å². The Morgan fingerprint density at radius 2 is 2.11 bits per heavy atom. The molecule has 0 spiro atoms. The van der Waals surface area contributed by atoms with Crippen molar-refractivity contribution in [3.05, 3.63) is 52.4 Å². The van der Waals surface area contributed by atoms with Crippen molar-refractivity contribution in [2.45, 2.75) is 19.9 Å². The molecule has 2 aromatic rings.